The first-order valence-corrected chi connectivity index (χ1v) is 9.58. The van der Waals surface area contributed by atoms with Crippen molar-refractivity contribution in [1.29, 1.82) is 0 Å². The van der Waals surface area contributed by atoms with Crippen molar-refractivity contribution in [2.75, 3.05) is 31.1 Å². The van der Waals surface area contributed by atoms with E-state index in [-0.39, 0.29) is 17.9 Å². The number of pyridine rings is 1. The molecule has 0 aliphatic carbocycles. The van der Waals surface area contributed by atoms with Crippen molar-refractivity contribution in [1.82, 2.24) is 19.4 Å². The third kappa shape index (κ3) is 3.95. The van der Waals surface area contributed by atoms with Crippen molar-refractivity contribution in [3.63, 3.8) is 0 Å². The van der Waals surface area contributed by atoms with Gasteiger partial charge in [-0.3, -0.25) is 19.1 Å². The van der Waals surface area contributed by atoms with E-state index >= 15 is 0 Å². The molecular formula is C21H21N5O4. The number of rotatable bonds is 4. The summed E-state index contributed by atoms with van der Waals surface area (Å²) in [4.78, 5) is 48.3. The first-order valence-electron chi connectivity index (χ1n) is 9.58. The molecule has 0 saturated carbocycles. The van der Waals surface area contributed by atoms with Crippen molar-refractivity contribution < 1.29 is 9.90 Å². The predicted octanol–water partition coefficient (Wildman–Crippen LogP) is 0.648. The zero-order chi connectivity index (χ0) is 21.1. The summed E-state index contributed by atoms with van der Waals surface area (Å²) < 4.78 is 0.988. The molecule has 2 aromatic heterocycles. The number of carbonyl (C=O) groups is 1. The van der Waals surface area contributed by atoms with Crippen molar-refractivity contribution in [3.8, 4) is 5.75 Å². The highest BCUT2D eigenvalue weighted by atomic mass is 16.3. The summed E-state index contributed by atoms with van der Waals surface area (Å²) in [6.45, 7) is 2.08. The number of hydrogen-bond acceptors (Lipinski definition) is 6. The Kier molecular flexibility index (Phi) is 5.34. The van der Waals surface area contributed by atoms with Crippen LogP contribution in [-0.4, -0.2) is 56.6 Å². The molecule has 9 heteroatoms. The van der Waals surface area contributed by atoms with E-state index in [1.807, 2.05) is 12.1 Å². The van der Waals surface area contributed by atoms with Crippen LogP contribution in [0.5, 0.6) is 5.75 Å². The predicted molar refractivity (Wildman–Crippen MR) is 111 cm³/mol. The van der Waals surface area contributed by atoms with E-state index in [0.29, 0.717) is 31.9 Å². The van der Waals surface area contributed by atoms with Crippen LogP contribution < -0.4 is 16.1 Å². The largest absolute Gasteiger partial charge is 0.508 e. The number of hydrogen-bond donors (Lipinski definition) is 2. The maximum atomic E-state index is 12.9. The molecule has 1 aliphatic heterocycles. The molecule has 0 unspecified atom stereocenters. The molecule has 1 aromatic carbocycles. The standard InChI is InChI=1S/C21H21N5O4/c27-17-6-4-16(5-7-17)24-9-11-25(12-10-24)19(28)18-13-23-21(30)26(20(18)29)14-15-3-1-2-8-22-15/h1-8,13,27H,9-12,14H2,(H,23,30). The summed E-state index contributed by atoms with van der Waals surface area (Å²) in [5, 5.41) is 9.42. The molecule has 3 aromatic rings. The van der Waals surface area contributed by atoms with Gasteiger partial charge in [0.25, 0.3) is 11.5 Å². The maximum Gasteiger partial charge on any atom is 0.328 e. The number of H-pyrrole nitrogens is 1. The molecule has 30 heavy (non-hydrogen) atoms. The van der Waals surface area contributed by atoms with E-state index in [1.165, 1.54) is 6.20 Å². The molecule has 3 heterocycles. The van der Waals surface area contributed by atoms with Crippen LogP contribution in [0.4, 0.5) is 5.69 Å². The zero-order valence-electron chi connectivity index (χ0n) is 16.2. The van der Waals surface area contributed by atoms with Gasteiger partial charge in [0, 0.05) is 44.3 Å². The zero-order valence-corrected chi connectivity index (χ0v) is 16.2. The number of piperazine rings is 1. The summed E-state index contributed by atoms with van der Waals surface area (Å²) in [5.74, 6) is -0.205. The molecule has 1 fully saturated rings. The summed E-state index contributed by atoms with van der Waals surface area (Å²) in [6, 6.07) is 12.1. The minimum atomic E-state index is -0.629. The Hall–Kier alpha value is -3.88. The quantitative estimate of drug-likeness (QED) is 0.657. The molecule has 0 bridgehead atoms. The molecule has 2 N–H and O–H groups in total. The minimum Gasteiger partial charge on any atom is -0.508 e. The first kappa shape index (κ1) is 19.4. The fraction of sp³-hybridized carbons (Fsp3) is 0.238. The molecule has 0 spiro atoms. The molecule has 9 nitrogen and oxygen atoms in total. The lowest BCUT2D eigenvalue weighted by Gasteiger charge is -2.36. The number of nitrogens with one attached hydrogen (secondary N) is 1. The molecule has 4 rings (SSSR count). The first-order chi connectivity index (χ1) is 14.5. The van der Waals surface area contributed by atoms with Gasteiger partial charge in [0.1, 0.15) is 11.3 Å². The molecule has 0 radical (unpaired) electrons. The second-order valence-corrected chi connectivity index (χ2v) is 7.02. The second kappa shape index (κ2) is 8.24. The van der Waals surface area contributed by atoms with Crippen LogP contribution in [0.2, 0.25) is 0 Å². The molecular weight excluding hydrogens is 386 g/mol. The van der Waals surface area contributed by atoms with Gasteiger partial charge in [0.2, 0.25) is 0 Å². The summed E-state index contributed by atoms with van der Waals surface area (Å²) in [5.41, 5.74) is 0.234. The maximum absolute atomic E-state index is 12.9. The van der Waals surface area contributed by atoms with E-state index in [4.69, 9.17) is 0 Å². The minimum absolute atomic E-state index is 0.00917. The highest BCUT2D eigenvalue weighted by Crippen LogP contribution is 2.20. The Morgan fingerprint density at radius 2 is 1.77 bits per heavy atom. The van der Waals surface area contributed by atoms with Gasteiger partial charge in [-0.1, -0.05) is 6.07 Å². The van der Waals surface area contributed by atoms with Gasteiger partial charge in [-0.15, -0.1) is 0 Å². The molecule has 1 aliphatic rings. The van der Waals surface area contributed by atoms with Crippen LogP contribution in [-0.2, 0) is 6.54 Å². The highest BCUT2D eigenvalue weighted by molar-refractivity contribution is 5.93. The van der Waals surface area contributed by atoms with Gasteiger partial charge >= 0.3 is 5.69 Å². The molecule has 1 amide bonds. The van der Waals surface area contributed by atoms with Crippen LogP contribution in [0.1, 0.15) is 16.1 Å². The van der Waals surface area contributed by atoms with Crippen molar-refractivity contribution in [2.24, 2.45) is 0 Å². The lowest BCUT2D eigenvalue weighted by Crippen LogP contribution is -2.50. The number of anilines is 1. The van der Waals surface area contributed by atoms with Crippen LogP contribution in [0.15, 0.2) is 64.4 Å². The number of aromatic hydroxyl groups is 1. The average molecular weight is 407 g/mol. The number of carbonyl (C=O) groups excluding carboxylic acids is 1. The molecule has 154 valence electrons. The normalized spacial score (nSPS) is 14.0. The van der Waals surface area contributed by atoms with Gasteiger partial charge < -0.3 is 19.9 Å². The Labute approximate surface area is 171 Å². The van der Waals surface area contributed by atoms with Crippen molar-refractivity contribution >= 4 is 11.6 Å². The Morgan fingerprint density at radius 3 is 2.43 bits per heavy atom. The van der Waals surface area contributed by atoms with Crippen molar-refractivity contribution in [3.05, 3.63) is 87.0 Å². The number of phenols is 1. The lowest BCUT2D eigenvalue weighted by atomic mass is 10.2. The number of nitrogens with zero attached hydrogens (tertiary/aromatic N) is 4. The monoisotopic (exact) mass is 407 g/mol. The number of benzene rings is 1. The van der Waals surface area contributed by atoms with Gasteiger partial charge in [-0.2, -0.15) is 0 Å². The van der Waals surface area contributed by atoms with Gasteiger partial charge in [-0.25, -0.2) is 4.79 Å². The molecule has 0 atom stereocenters. The average Bonchev–Trinajstić information content (AvgIpc) is 2.78. The fourth-order valence-electron chi connectivity index (χ4n) is 3.46. The fourth-order valence-corrected chi connectivity index (χ4v) is 3.46. The number of amides is 1. The number of phenolic OH excluding ortho intramolecular Hbond substituents is 1. The topological polar surface area (TPSA) is 112 Å². The van der Waals surface area contributed by atoms with Gasteiger partial charge in [0.05, 0.1) is 12.2 Å². The lowest BCUT2D eigenvalue weighted by molar-refractivity contribution is 0.0743. The van der Waals surface area contributed by atoms with Crippen LogP contribution in [0.25, 0.3) is 0 Å². The van der Waals surface area contributed by atoms with Gasteiger partial charge in [-0.05, 0) is 36.4 Å². The van der Waals surface area contributed by atoms with E-state index in [1.54, 1.807) is 41.4 Å². The van der Waals surface area contributed by atoms with E-state index in [9.17, 15) is 19.5 Å². The third-order valence-electron chi connectivity index (χ3n) is 5.12. The van der Waals surface area contributed by atoms with E-state index < -0.39 is 17.2 Å². The second-order valence-electron chi connectivity index (χ2n) is 7.02. The molecule has 1 saturated heterocycles. The van der Waals surface area contributed by atoms with E-state index in [2.05, 4.69) is 14.9 Å². The summed E-state index contributed by atoms with van der Waals surface area (Å²) >= 11 is 0. The number of aromatic amines is 1. The third-order valence-corrected chi connectivity index (χ3v) is 5.12. The Bertz CT molecular complexity index is 1150. The van der Waals surface area contributed by atoms with Crippen molar-refractivity contribution in [2.45, 2.75) is 6.54 Å². The Balaban J connectivity index is 1.50. The van der Waals surface area contributed by atoms with Crippen LogP contribution in [0.3, 0.4) is 0 Å². The highest BCUT2D eigenvalue weighted by Gasteiger charge is 2.25. The summed E-state index contributed by atoms with van der Waals surface area (Å²) in [7, 11) is 0. The SMILES string of the molecule is O=C(c1c[nH]c(=O)n(Cc2ccccn2)c1=O)N1CCN(c2ccc(O)cc2)CC1. The van der Waals surface area contributed by atoms with Gasteiger partial charge in [0.15, 0.2) is 0 Å². The van der Waals surface area contributed by atoms with E-state index in [0.717, 1.165) is 10.3 Å². The smallest absolute Gasteiger partial charge is 0.328 e. The van der Waals surface area contributed by atoms with Crippen LogP contribution in [0, 0.1) is 0 Å². The van der Waals surface area contributed by atoms with Crippen LogP contribution >= 0.6 is 0 Å². The number of aromatic nitrogens is 3. The summed E-state index contributed by atoms with van der Waals surface area (Å²) in [6.07, 6.45) is 2.77. The Morgan fingerprint density at radius 1 is 1.03 bits per heavy atom.